The van der Waals surface area contributed by atoms with Crippen molar-refractivity contribution in [2.75, 3.05) is 26.8 Å². The van der Waals surface area contributed by atoms with Crippen molar-refractivity contribution in [2.45, 2.75) is 44.7 Å². The molecule has 0 radical (unpaired) electrons. The third kappa shape index (κ3) is 4.10. The first-order valence-electron chi connectivity index (χ1n) is 8.62. The van der Waals surface area contributed by atoms with E-state index in [4.69, 9.17) is 4.74 Å². The van der Waals surface area contributed by atoms with Crippen molar-refractivity contribution in [3.05, 3.63) is 18.2 Å². The van der Waals surface area contributed by atoms with Crippen molar-refractivity contribution in [1.29, 1.82) is 0 Å². The lowest BCUT2D eigenvalue weighted by Gasteiger charge is -2.29. The van der Waals surface area contributed by atoms with Crippen LogP contribution in [0.5, 0.6) is 0 Å². The summed E-state index contributed by atoms with van der Waals surface area (Å²) in [7, 11) is 3.67. The molecule has 2 aliphatic rings. The highest BCUT2D eigenvalue weighted by Gasteiger charge is 2.57. The number of carbonyl (C=O) groups is 1. The number of ether oxygens (including phenoxy) is 1. The number of hydrogen-bond donors (Lipinski definition) is 1. The summed E-state index contributed by atoms with van der Waals surface area (Å²) in [4.78, 5) is 19.3. The molecule has 6 nitrogen and oxygen atoms in total. The van der Waals surface area contributed by atoms with Crippen molar-refractivity contribution >= 4 is 18.3 Å². The van der Waals surface area contributed by atoms with Crippen LogP contribution in [0, 0.1) is 5.41 Å². The molecule has 1 N–H and O–H groups in total. The van der Waals surface area contributed by atoms with Gasteiger partial charge in [-0.05, 0) is 44.2 Å². The number of imidazole rings is 1. The minimum absolute atomic E-state index is 0. The monoisotopic (exact) mass is 356 g/mol. The van der Waals surface area contributed by atoms with Gasteiger partial charge in [0.2, 0.25) is 5.91 Å². The van der Waals surface area contributed by atoms with Crippen LogP contribution in [0.3, 0.4) is 0 Å². The van der Waals surface area contributed by atoms with Crippen LogP contribution in [0.4, 0.5) is 0 Å². The number of aromatic nitrogens is 2. The van der Waals surface area contributed by atoms with Crippen LogP contribution in [0.1, 0.15) is 37.9 Å². The van der Waals surface area contributed by atoms with E-state index in [1.807, 2.05) is 17.8 Å². The Labute approximate surface area is 150 Å². The van der Waals surface area contributed by atoms with E-state index in [9.17, 15) is 4.79 Å². The summed E-state index contributed by atoms with van der Waals surface area (Å²) >= 11 is 0. The van der Waals surface area contributed by atoms with Gasteiger partial charge < -0.3 is 19.5 Å². The first kappa shape index (κ1) is 19.2. The van der Waals surface area contributed by atoms with E-state index < -0.39 is 0 Å². The van der Waals surface area contributed by atoms with E-state index in [-0.39, 0.29) is 18.3 Å². The lowest BCUT2D eigenvalue weighted by molar-refractivity contribution is -0.133. The van der Waals surface area contributed by atoms with Gasteiger partial charge in [-0.3, -0.25) is 4.79 Å². The lowest BCUT2D eigenvalue weighted by atomic mass is 9.93. The van der Waals surface area contributed by atoms with Crippen LogP contribution in [-0.4, -0.2) is 53.2 Å². The molecular formula is C17H29ClN4O2. The Morgan fingerprint density at radius 2 is 2.25 bits per heavy atom. The Morgan fingerprint density at radius 3 is 2.88 bits per heavy atom. The second-order valence-corrected chi connectivity index (χ2v) is 6.90. The molecule has 24 heavy (non-hydrogen) atoms. The molecule has 1 aliphatic heterocycles. The van der Waals surface area contributed by atoms with Crippen molar-refractivity contribution in [1.82, 2.24) is 19.8 Å². The second-order valence-electron chi connectivity index (χ2n) is 6.90. The van der Waals surface area contributed by atoms with Gasteiger partial charge in [0.05, 0.1) is 6.54 Å². The summed E-state index contributed by atoms with van der Waals surface area (Å²) < 4.78 is 7.09. The number of aryl methyl sites for hydroxylation is 1. The molecule has 1 saturated carbocycles. The summed E-state index contributed by atoms with van der Waals surface area (Å²) in [6.45, 7) is 3.41. The molecule has 1 amide bonds. The molecule has 2 heterocycles. The van der Waals surface area contributed by atoms with Gasteiger partial charge in [-0.1, -0.05) is 0 Å². The van der Waals surface area contributed by atoms with Gasteiger partial charge in [0.15, 0.2) is 0 Å². The minimum atomic E-state index is 0. The van der Waals surface area contributed by atoms with Crippen LogP contribution in [0.15, 0.2) is 12.4 Å². The number of hydrogen-bond acceptors (Lipinski definition) is 4. The number of methoxy groups -OCH3 is 1. The zero-order valence-electron chi connectivity index (χ0n) is 14.7. The van der Waals surface area contributed by atoms with Crippen LogP contribution in [0.2, 0.25) is 0 Å². The molecule has 7 heteroatoms. The van der Waals surface area contributed by atoms with E-state index in [1.54, 1.807) is 13.3 Å². The highest BCUT2D eigenvalue weighted by molar-refractivity contribution is 5.85. The third-order valence-corrected chi connectivity index (χ3v) is 5.41. The first-order valence-corrected chi connectivity index (χ1v) is 8.62. The van der Waals surface area contributed by atoms with E-state index in [1.165, 1.54) is 12.8 Å². The van der Waals surface area contributed by atoms with Crippen molar-refractivity contribution < 1.29 is 9.53 Å². The van der Waals surface area contributed by atoms with Gasteiger partial charge in [-0.15, -0.1) is 12.4 Å². The summed E-state index contributed by atoms with van der Waals surface area (Å²) in [6.07, 6.45) is 8.60. The number of carbonyl (C=O) groups excluding carboxylic acids is 1. The molecule has 1 unspecified atom stereocenters. The van der Waals surface area contributed by atoms with Crippen LogP contribution in [0.25, 0.3) is 0 Å². The van der Waals surface area contributed by atoms with E-state index in [0.717, 1.165) is 31.8 Å². The van der Waals surface area contributed by atoms with Crippen molar-refractivity contribution in [3.8, 4) is 0 Å². The van der Waals surface area contributed by atoms with Crippen molar-refractivity contribution in [3.63, 3.8) is 0 Å². The fraction of sp³-hybridized carbons (Fsp3) is 0.765. The molecule has 0 bridgehead atoms. The normalized spacial score (nSPS) is 21.3. The number of amides is 1. The molecule has 1 aromatic heterocycles. The van der Waals surface area contributed by atoms with Crippen molar-refractivity contribution in [2.24, 2.45) is 12.5 Å². The maximum Gasteiger partial charge on any atom is 0.223 e. The van der Waals surface area contributed by atoms with Gasteiger partial charge in [-0.2, -0.15) is 0 Å². The lowest BCUT2D eigenvalue weighted by Crippen LogP contribution is -2.39. The highest BCUT2D eigenvalue weighted by Crippen LogP contribution is 2.56. The Hall–Kier alpha value is -1.11. The Balaban J connectivity index is 0.00000208. The third-order valence-electron chi connectivity index (χ3n) is 5.41. The van der Waals surface area contributed by atoms with E-state index in [0.29, 0.717) is 31.0 Å². The van der Waals surface area contributed by atoms with Gasteiger partial charge in [0.1, 0.15) is 5.82 Å². The Bertz CT molecular complexity index is 542. The predicted octanol–water partition coefficient (Wildman–Crippen LogP) is 1.74. The summed E-state index contributed by atoms with van der Waals surface area (Å²) in [5.41, 5.74) is 0.354. The fourth-order valence-electron chi connectivity index (χ4n) is 3.81. The molecule has 1 aromatic rings. The largest absolute Gasteiger partial charge is 0.385 e. The summed E-state index contributed by atoms with van der Waals surface area (Å²) in [5, 5.41) is 3.43. The zero-order chi connectivity index (χ0) is 16.3. The van der Waals surface area contributed by atoms with Crippen LogP contribution >= 0.6 is 12.4 Å². The molecule has 1 aliphatic carbocycles. The van der Waals surface area contributed by atoms with Crippen LogP contribution in [-0.2, 0) is 23.1 Å². The predicted molar refractivity (Wildman–Crippen MR) is 95.1 cm³/mol. The standard InChI is InChI=1S/C17H28N4O2.ClH/c1-20-10-9-19-15(20)13-21(16(22)4-3-11-23-2)14-12-17(14)5-7-18-8-6-17;/h9-10,14,18H,3-8,11-13H2,1-2H3;1H. The maximum atomic E-state index is 12.8. The average molecular weight is 357 g/mol. The fourth-order valence-corrected chi connectivity index (χ4v) is 3.81. The Morgan fingerprint density at radius 1 is 1.50 bits per heavy atom. The molecule has 3 rings (SSSR count). The molecule has 2 fully saturated rings. The smallest absolute Gasteiger partial charge is 0.223 e. The first-order chi connectivity index (χ1) is 11.2. The highest BCUT2D eigenvalue weighted by atomic mass is 35.5. The molecule has 1 spiro atoms. The number of halogens is 1. The van der Waals surface area contributed by atoms with E-state index >= 15 is 0 Å². The quantitative estimate of drug-likeness (QED) is 0.756. The average Bonchev–Trinajstić information content (AvgIpc) is 3.06. The Kier molecular flexibility index (Phi) is 6.66. The number of nitrogens with zero attached hydrogens (tertiary/aromatic N) is 3. The number of nitrogens with one attached hydrogen (secondary N) is 1. The van der Waals surface area contributed by atoms with Gasteiger partial charge in [-0.25, -0.2) is 4.98 Å². The topological polar surface area (TPSA) is 59.4 Å². The molecule has 1 atom stereocenters. The molecule has 0 aromatic carbocycles. The number of piperidine rings is 1. The van der Waals surface area contributed by atoms with Gasteiger partial charge in [0, 0.05) is 45.6 Å². The minimum Gasteiger partial charge on any atom is -0.385 e. The zero-order valence-corrected chi connectivity index (χ0v) is 15.5. The summed E-state index contributed by atoms with van der Waals surface area (Å²) in [6, 6.07) is 0.386. The summed E-state index contributed by atoms with van der Waals surface area (Å²) in [5.74, 6) is 1.20. The number of rotatable bonds is 7. The molecular weight excluding hydrogens is 328 g/mol. The SMILES string of the molecule is COCCCC(=O)N(Cc1nccn1C)C1CC12CCNCC2.Cl. The van der Waals surface area contributed by atoms with E-state index in [2.05, 4.69) is 15.2 Å². The molecule has 136 valence electrons. The van der Waals surface area contributed by atoms with Crippen LogP contribution < -0.4 is 5.32 Å². The van der Waals surface area contributed by atoms with Gasteiger partial charge in [0.25, 0.3) is 0 Å². The molecule has 1 saturated heterocycles. The maximum absolute atomic E-state index is 12.8. The van der Waals surface area contributed by atoms with Gasteiger partial charge >= 0.3 is 0 Å². The second kappa shape index (κ2) is 8.32.